The first-order valence-corrected chi connectivity index (χ1v) is 8.74. The normalized spacial score (nSPS) is 12.7. The smallest absolute Gasteiger partial charge is 0.251 e. The summed E-state index contributed by atoms with van der Waals surface area (Å²) >= 11 is 1.61. The largest absolute Gasteiger partial charge is 0.341 e. The maximum Gasteiger partial charge on any atom is 0.251 e. The molecule has 0 unspecified atom stereocenters. The van der Waals surface area contributed by atoms with Gasteiger partial charge in [-0.25, -0.2) is 4.98 Å². The van der Waals surface area contributed by atoms with Gasteiger partial charge < -0.3 is 9.84 Å². The molecule has 0 spiro atoms. The second-order valence-electron chi connectivity index (χ2n) is 6.26. The molecule has 1 aromatic carbocycles. The molecule has 6 nitrogen and oxygen atoms in total. The van der Waals surface area contributed by atoms with Crippen molar-refractivity contribution in [2.45, 2.75) is 40.2 Å². The highest BCUT2D eigenvalue weighted by Crippen LogP contribution is 2.22. The van der Waals surface area contributed by atoms with E-state index in [9.17, 15) is 4.79 Å². The van der Waals surface area contributed by atoms with E-state index in [2.05, 4.69) is 34.3 Å². The van der Waals surface area contributed by atoms with Gasteiger partial charge in [0.2, 0.25) is 5.89 Å². The van der Waals surface area contributed by atoms with Crippen molar-refractivity contribution in [3.8, 4) is 0 Å². The summed E-state index contributed by atoms with van der Waals surface area (Å²) in [6.45, 7) is 7.97. The van der Waals surface area contributed by atoms with Crippen LogP contribution >= 0.6 is 11.3 Å². The molecule has 7 heteroatoms. The molecule has 0 saturated heterocycles. The number of carbonyl (C=O) groups excluding carboxylic acids is 1. The lowest BCUT2D eigenvalue weighted by Crippen LogP contribution is -2.26. The van der Waals surface area contributed by atoms with E-state index in [1.54, 1.807) is 23.5 Å². The second-order valence-corrected chi connectivity index (χ2v) is 7.49. The Balaban J connectivity index is 1.71. The summed E-state index contributed by atoms with van der Waals surface area (Å²) in [7, 11) is 0. The van der Waals surface area contributed by atoms with E-state index in [4.69, 9.17) is 4.52 Å². The molecule has 3 aromatic rings. The minimum atomic E-state index is -0.348. The van der Waals surface area contributed by atoms with Crippen molar-refractivity contribution in [3.63, 3.8) is 0 Å². The molecule has 0 aliphatic carbocycles. The Kier molecular flexibility index (Phi) is 4.62. The molecule has 2 aromatic heterocycles. The minimum absolute atomic E-state index is 0.182. The van der Waals surface area contributed by atoms with Gasteiger partial charge in [0.15, 0.2) is 5.82 Å². The van der Waals surface area contributed by atoms with E-state index >= 15 is 0 Å². The second kappa shape index (κ2) is 6.68. The third-order valence-electron chi connectivity index (χ3n) is 3.55. The van der Waals surface area contributed by atoms with Crippen LogP contribution in [0.4, 0.5) is 0 Å². The van der Waals surface area contributed by atoms with Gasteiger partial charge in [0.05, 0.1) is 15.2 Å². The molecule has 126 valence electrons. The van der Waals surface area contributed by atoms with Crippen molar-refractivity contribution < 1.29 is 9.32 Å². The minimum Gasteiger partial charge on any atom is -0.341 e. The summed E-state index contributed by atoms with van der Waals surface area (Å²) in [5, 5.41) is 7.83. The average Bonchev–Trinajstić information content (AvgIpc) is 3.10. The molecule has 24 heavy (non-hydrogen) atoms. The van der Waals surface area contributed by atoms with Crippen molar-refractivity contribution >= 4 is 27.5 Å². The monoisotopic (exact) mass is 344 g/mol. The summed E-state index contributed by atoms with van der Waals surface area (Å²) in [5.74, 6) is 1.36. The Hall–Kier alpha value is -2.28. The number of rotatable bonds is 5. The number of carbonyl (C=O) groups is 1. The van der Waals surface area contributed by atoms with Crippen LogP contribution in [-0.4, -0.2) is 21.0 Å². The van der Waals surface area contributed by atoms with E-state index in [1.165, 1.54) is 0 Å². The van der Waals surface area contributed by atoms with Crippen LogP contribution in [0.2, 0.25) is 0 Å². The number of aromatic nitrogens is 3. The zero-order valence-electron chi connectivity index (χ0n) is 14.2. The Bertz CT molecular complexity index is 868. The predicted octanol–water partition coefficient (Wildman–Crippen LogP) is 3.68. The maximum absolute atomic E-state index is 12.4. The molecular formula is C17H20N4O2S. The Morgan fingerprint density at radius 1 is 1.29 bits per heavy atom. The highest BCUT2D eigenvalue weighted by Gasteiger charge is 2.18. The summed E-state index contributed by atoms with van der Waals surface area (Å²) in [6, 6.07) is 5.19. The van der Waals surface area contributed by atoms with Crippen molar-refractivity contribution in [1.82, 2.24) is 20.4 Å². The van der Waals surface area contributed by atoms with Crippen LogP contribution in [0.1, 0.15) is 53.9 Å². The summed E-state index contributed by atoms with van der Waals surface area (Å²) < 4.78 is 6.33. The van der Waals surface area contributed by atoms with E-state index in [0.29, 0.717) is 23.2 Å². The Morgan fingerprint density at radius 3 is 2.83 bits per heavy atom. The number of hydrogen-bond donors (Lipinski definition) is 1. The third-order valence-corrected chi connectivity index (χ3v) is 4.50. The lowest BCUT2D eigenvalue weighted by Gasteiger charge is -2.09. The van der Waals surface area contributed by atoms with E-state index in [0.717, 1.165) is 21.6 Å². The quantitative estimate of drug-likeness (QED) is 0.763. The molecule has 0 radical (unpaired) electrons. The first kappa shape index (κ1) is 16.6. The summed E-state index contributed by atoms with van der Waals surface area (Å²) in [6.07, 6.45) is 0.754. The zero-order chi connectivity index (χ0) is 17.3. The van der Waals surface area contributed by atoms with Crippen molar-refractivity contribution in [3.05, 3.63) is 40.5 Å². The molecular weight excluding hydrogens is 324 g/mol. The highest BCUT2D eigenvalue weighted by atomic mass is 32.1. The molecule has 1 N–H and O–H groups in total. The lowest BCUT2D eigenvalue weighted by molar-refractivity contribution is 0.0932. The van der Waals surface area contributed by atoms with Crippen LogP contribution in [0.5, 0.6) is 0 Å². The van der Waals surface area contributed by atoms with Crippen LogP contribution in [0, 0.1) is 12.8 Å². The van der Waals surface area contributed by atoms with Crippen molar-refractivity contribution in [2.24, 2.45) is 5.92 Å². The first-order chi connectivity index (χ1) is 11.4. The number of benzene rings is 1. The number of aryl methyl sites for hydroxylation is 1. The standard InChI is InChI=1S/C17H20N4O2S/c1-9(2)7-15-20-17(23-21-15)10(3)18-16(22)12-5-6-14-13(8-12)19-11(4)24-14/h5-6,8-10H,7H2,1-4H3,(H,18,22)/t10-/m1/s1. The summed E-state index contributed by atoms with van der Waals surface area (Å²) in [4.78, 5) is 21.2. The van der Waals surface area contributed by atoms with Crippen molar-refractivity contribution in [2.75, 3.05) is 0 Å². The Labute approximate surface area is 144 Å². The van der Waals surface area contributed by atoms with E-state index in [1.807, 2.05) is 19.9 Å². The Morgan fingerprint density at radius 2 is 2.08 bits per heavy atom. The molecule has 0 aliphatic rings. The van der Waals surface area contributed by atoms with Gasteiger partial charge in [0.25, 0.3) is 5.91 Å². The highest BCUT2D eigenvalue weighted by molar-refractivity contribution is 7.18. The van der Waals surface area contributed by atoms with Crippen molar-refractivity contribution in [1.29, 1.82) is 0 Å². The van der Waals surface area contributed by atoms with Gasteiger partial charge in [-0.2, -0.15) is 4.98 Å². The first-order valence-electron chi connectivity index (χ1n) is 7.93. The third kappa shape index (κ3) is 3.62. The van der Waals surface area contributed by atoms with Gasteiger partial charge in [-0.15, -0.1) is 11.3 Å². The molecule has 0 bridgehead atoms. The topological polar surface area (TPSA) is 80.9 Å². The van der Waals surface area contributed by atoms with Gasteiger partial charge in [-0.3, -0.25) is 4.79 Å². The number of nitrogens with zero attached hydrogens (tertiary/aromatic N) is 3. The number of nitrogens with one attached hydrogen (secondary N) is 1. The molecule has 0 aliphatic heterocycles. The van der Waals surface area contributed by atoms with Gasteiger partial charge in [-0.05, 0) is 38.0 Å². The number of amides is 1. The fourth-order valence-electron chi connectivity index (χ4n) is 2.42. The van der Waals surface area contributed by atoms with Crippen LogP contribution in [0.3, 0.4) is 0 Å². The van der Waals surface area contributed by atoms with Gasteiger partial charge >= 0.3 is 0 Å². The van der Waals surface area contributed by atoms with E-state index < -0.39 is 0 Å². The number of thiazole rings is 1. The lowest BCUT2D eigenvalue weighted by atomic mass is 10.1. The van der Waals surface area contributed by atoms with Gasteiger partial charge in [-0.1, -0.05) is 19.0 Å². The SMILES string of the molecule is Cc1nc2cc(C(=O)N[C@H](C)c3nc(CC(C)C)no3)ccc2s1. The molecule has 2 heterocycles. The number of fused-ring (bicyclic) bond motifs is 1. The average molecular weight is 344 g/mol. The van der Waals surface area contributed by atoms with Crippen LogP contribution in [0.15, 0.2) is 22.7 Å². The fraction of sp³-hybridized carbons (Fsp3) is 0.412. The molecule has 0 saturated carbocycles. The van der Waals surface area contributed by atoms with Crippen LogP contribution < -0.4 is 5.32 Å². The molecule has 0 fully saturated rings. The molecule has 1 amide bonds. The molecule has 1 atom stereocenters. The van der Waals surface area contributed by atoms with E-state index in [-0.39, 0.29) is 11.9 Å². The van der Waals surface area contributed by atoms with Crippen LogP contribution in [-0.2, 0) is 6.42 Å². The number of hydrogen-bond acceptors (Lipinski definition) is 6. The summed E-state index contributed by atoms with van der Waals surface area (Å²) in [5.41, 5.74) is 1.41. The maximum atomic E-state index is 12.4. The molecule has 3 rings (SSSR count). The predicted molar refractivity (Wildman–Crippen MR) is 93.1 cm³/mol. The fourth-order valence-corrected chi connectivity index (χ4v) is 3.22. The zero-order valence-corrected chi connectivity index (χ0v) is 15.0. The van der Waals surface area contributed by atoms with Gasteiger partial charge in [0, 0.05) is 12.0 Å². The van der Waals surface area contributed by atoms with Crippen LogP contribution in [0.25, 0.3) is 10.2 Å². The van der Waals surface area contributed by atoms with Gasteiger partial charge in [0.1, 0.15) is 6.04 Å².